The average molecular weight is 457 g/mol. The van der Waals surface area contributed by atoms with Crippen LogP contribution in [0.2, 0.25) is 0 Å². The van der Waals surface area contributed by atoms with E-state index in [4.69, 9.17) is 29.9 Å². The molecule has 6 nitrogen and oxygen atoms in total. The Hall–Kier alpha value is -1.60. The van der Waals surface area contributed by atoms with Crippen LogP contribution in [0, 0.1) is 0 Å². The SMILES string of the molecule is OCCCCC=COC=CCCCCO.OCCCCCC=COC=CCCCCCO. The maximum Gasteiger partial charge on any atom is 0.0861 e. The zero-order chi connectivity index (χ0) is 23.8. The van der Waals surface area contributed by atoms with E-state index in [2.05, 4.69) is 0 Å². The number of ether oxygens (including phenoxy) is 2. The molecular weight excluding hydrogens is 408 g/mol. The highest BCUT2D eigenvalue weighted by atomic mass is 16.5. The highest BCUT2D eigenvalue weighted by Gasteiger charge is 1.86. The molecule has 0 saturated heterocycles. The van der Waals surface area contributed by atoms with Crippen molar-refractivity contribution >= 4 is 0 Å². The molecule has 0 radical (unpaired) electrons. The minimum Gasteiger partial charge on any atom is -0.473 e. The summed E-state index contributed by atoms with van der Waals surface area (Å²) >= 11 is 0. The van der Waals surface area contributed by atoms with Crippen LogP contribution in [0.25, 0.3) is 0 Å². The maximum absolute atomic E-state index is 8.58. The van der Waals surface area contributed by atoms with E-state index < -0.39 is 0 Å². The van der Waals surface area contributed by atoms with Gasteiger partial charge in [-0.3, -0.25) is 0 Å². The van der Waals surface area contributed by atoms with Gasteiger partial charge in [-0.05, 0) is 101 Å². The summed E-state index contributed by atoms with van der Waals surface area (Å²) in [7, 11) is 0. The van der Waals surface area contributed by atoms with Crippen molar-refractivity contribution in [2.24, 2.45) is 0 Å². The molecule has 0 aliphatic heterocycles. The lowest BCUT2D eigenvalue weighted by Gasteiger charge is -1.95. The van der Waals surface area contributed by atoms with E-state index in [0.717, 1.165) is 89.9 Å². The van der Waals surface area contributed by atoms with Crippen LogP contribution < -0.4 is 0 Å². The van der Waals surface area contributed by atoms with Crippen LogP contribution in [0.1, 0.15) is 89.9 Å². The van der Waals surface area contributed by atoms with E-state index in [9.17, 15) is 0 Å². The van der Waals surface area contributed by atoms with Crippen molar-refractivity contribution in [1.82, 2.24) is 0 Å². The average Bonchev–Trinajstić information content (AvgIpc) is 2.81. The fraction of sp³-hybridized carbons (Fsp3) is 0.692. The molecule has 0 aromatic rings. The topological polar surface area (TPSA) is 99.4 Å². The van der Waals surface area contributed by atoms with Gasteiger partial charge in [0.1, 0.15) is 0 Å². The van der Waals surface area contributed by atoms with Crippen molar-refractivity contribution in [3.63, 3.8) is 0 Å². The number of hydrogen-bond donors (Lipinski definition) is 4. The van der Waals surface area contributed by atoms with Crippen LogP contribution in [0.15, 0.2) is 49.4 Å². The van der Waals surface area contributed by atoms with E-state index >= 15 is 0 Å². The Morgan fingerprint density at radius 3 is 0.875 bits per heavy atom. The second-order valence-corrected chi connectivity index (χ2v) is 7.34. The highest BCUT2D eigenvalue weighted by Crippen LogP contribution is 2.02. The first kappa shape index (κ1) is 32.6. The predicted molar refractivity (Wildman–Crippen MR) is 132 cm³/mol. The number of rotatable bonds is 22. The van der Waals surface area contributed by atoms with Gasteiger partial charge in [-0.1, -0.05) is 12.8 Å². The van der Waals surface area contributed by atoms with Gasteiger partial charge in [0.05, 0.1) is 25.0 Å². The largest absolute Gasteiger partial charge is 0.473 e. The zero-order valence-corrected chi connectivity index (χ0v) is 20.0. The second kappa shape index (κ2) is 34.0. The summed E-state index contributed by atoms with van der Waals surface area (Å²) < 4.78 is 10.3. The van der Waals surface area contributed by atoms with Gasteiger partial charge < -0.3 is 29.9 Å². The summed E-state index contributed by atoms with van der Waals surface area (Å²) in [5.41, 5.74) is 0. The van der Waals surface area contributed by atoms with E-state index in [1.54, 1.807) is 25.0 Å². The number of hydrogen-bond acceptors (Lipinski definition) is 6. The highest BCUT2D eigenvalue weighted by molar-refractivity contribution is 4.80. The van der Waals surface area contributed by atoms with Crippen molar-refractivity contribution in [2.45, 2.75) is 89.9 Å². The molecule has 188 valence electrons. The van der Waals surface area contributed by atoms with Crippen LogP contribution in [-0.4, -0.2) is 46.9 Å². The van der Waals surface area contributed by atoms with Crippen molar-refractivity contribution in [3.05, 3.63) is 49.4 Å². The summed E-state index contributed by atoms with van der Waals surface area (Å²) in [5.74, 6) is 0. The summed E-state index contributed by atoms with van der Waals surface area (Å²) in [6.45, 7) is 1.11. The Morgan fingerprint density at radius 1 is 0.344 bits per heavy atom. The molecule has 0 aliphatic carbocycles. The predicted octanol–water partition coefficient (Wildman–Crippen LogP) is 5.49. The molecule has 6 heteroatoms. The van der Waals surface area contributed by atoms with Crippen molar-refractivity contribution in [3.8, 4) is 0 Å². The third-order valence-electron chi connectivity index (χ3n) is 4.31. The van der Waals surface area contributed by atoms with Gasteiger partial charge in [-0.15, -0.1) is 0 Å². The quantitative estimate of drug-likeness (QED) is 0.127. The second-order valence-electron chi connectivity index (χ2n) is 7.34. The van der Waals surface area contributed by atoms with Gasteiger partial charge >= 0.3 is 0 Å². The molecule has 0 spiro atoms. The van der Waals surface area contributed by atoms with Crippen LogP contribution in [0.3, 0.4) is 0 Å². The standard InChI is InChI=1S/C14H26O3.C12H22O3/c15-11-7-3-1-5-9-13-17-14-10-6-2-4-8-12-16;13-9-5-1-3-7-11-15-12-8-4-2-6-10-14/h9-10,13-16H,1-8,11-12H2;7-8,11-14H,1-6,9-10H2. The third kappa shape index (κ3) is 35.8. The maximum atomic E-state index is 8.58. The minimum atomic E-state index is 0.263. The molecule has 0 unspecified atom stereocenters. The van der Waals surface area contributed by atoms with Gasteiger partial charge in [0, 0.05) is 26.4 Å². The lowest BCUT2D eigenvalue weighted by molar-refractivity contribution is 0.283. The normalized spacial score (nSPS) is 11.6. The molecule has 0 aliphatic rings. The molecule has 0 amide bonds. The van der Waals surface area contributed by atoms with Crippen LogP contribution in [-0.2, 0) is 9.47 Å². The van der Waals surface area contributed by atoms with Crippen LogP contribution in [0.4, 0.5) is 0 Å². The summed E-state index contributed by atoms with van der Waals surface area (Å²) in [4.78, 5) is 0. The number of aliphatic hydroxyl groups is 4. The molecule has 0 bridgehead atoms. The van der Waals surface area contributed by atoms with E-state index in [1.165, 1.54) is 0 Å². The molecular formula is C26H48O6. The van der Waals surface area contributed by atoms with E-state index in [0.29, 0.717) is 13.2 Å². The van der Waals surface area contributed by atoms with Gasteiger partial charge in [0.2, 0.25) is 0 Å². The van der Waals surface area contributed by atoms with Crippen molar-refractivity contribution in [1.29, 1.82) is 0 Å². The first-order valence-corrected chi connectivity index (χ1v) is 12.2. The Bertz CT molecular complexity index is 394. The molecule has 0 rings (SSSR count). The first-order chi connectivity index (χ1) is 15.8. The fourth-order valence-electron chi connectivity index (χ4n) is 2.43. The van der Waals surface area contributed by atoms with E-state index in [1.807, 2.05) is 24.3 Å². The Morgan fingerprint density at radius 2 is 0.594 bits per heavy atom. The lowest BCUT2D eigenvalue weighted by Crippen LogP contribution is -1.82. The van der Waals surface area contributed by atoms with Crippen LogP contribution in [0.5, 0.6) is 0 Å². The summed E-state index contributed by atoms with van der Waals surface area (Å²) in [6, 6.07) is 0. The van der Waals surface area contributed by atoms with Crippen molar-refractivity contribution < 1.29 is 29.9 Å². The first-order valence-electron chi connectivity index (χ1n) is 12.2. The molecule has 0 heterocycles. The molecule has 0 saturated carbocycles. The summed E-state index contributed by atoms with van der Waals surface area (Å²) in [5, 5.41) is 34.2. The van der Waals surface area contributed by atoms with Gasteiger partial charge in [0.25, 0.3) is 0 Å². The number of allylic oxidation sites excluding steroid dienone is 4. The van der Waals surface area contributed by atoms with Gasteiger partial charge in [-0.25, -0.2) is 0 Å². The zero-order valence-electron chi connectivity index (χ0n) is 20.0. The number of unbranched alkanes of at least 4 members (excludes halogenated alkanes) is 10. The number of aliphatic hydroxyl groups excluding tert-OH is 4. The van der Waals surface area contributed by atoms with Crippen LogP contribution >= 0.6 is 0 Å². The molecule has 0 atom stereocenters. The van der Waals surface area contributed by atoms with Gasteiger partial charge in [0.15, 0.2) is 0 Å². The van der Waals surface area contributed by atoms with Gasteiger partial charge in [-0.2, -0.15) is 0 Å². The monoisotopic (exact) mass is 456 g/mol. The molecule has 4 N–H and O–H groups in total. The molecule has 32 heavy (non-hydrogen) atoms. The minimum absolute atomic E-state index is 0.263. The Labute approximate surface area is 196 Å². The smallest absolute Gasteiger partial charge is 0.0861 e. The molecule has 0 aromatic heterocycles. The van der Waals surface area contributed by atoms with E-state index in [-0.39, 0.29) is 13.2 Å². The summed E-state index contributed by atoms with van der Waals surface area (Å²) in [6.07, 6.45) is 28.4. The molecule has 0 fully saturated rings. The Balaban J connectivity index is 0. The van der Waals surface area contributed by atoms with Crippen molar-refractivity contribution in [2.75, 3.05) is 26.4 Å². The Kier molecular flexibility index (Phi) is 34.6. The third-order valence-corrected chi connectivity index (χ3v) is 4.31. The lowest BCUT2D eigenvalue weighted by atomic mass is 10.2. The molecule has 0 aromatic carbocycles. The fourth-order valence-corrected chi connectivity index (χ4v) is 2.43.